The Labute approximate surface area is 156 Å². The second-order valence-electron chi connectivity index (χ2n) is 6.00. The predicted octanol–water partition coefficient (Wildman–Crippen LogP) is 3.33. The number of hydrogen-bond acceptors (Lipinski definition) is 3. The Hall–Kier alpha value is -1.34. The van der Waals surface area contributed by atoms with E-state index in [1.807, 2.05) is 26.0 Å². The minimum atomic E-state index is -0.209. The standard InChI is InChI=1S/C20H19O2STe/c1-11-5-15(6-12(2)23-11)9-17-19(21)18(20(17)22)10-16-7-13(3)24-14(4)8-16/h5-10,21H,1-4H3/p-1. The number of allylic oxidation sites excluding steroid dienone is 13. The maximum atomic E-state index is 12.4. The molecule has 0 N–H and O–H groups in total. The number of rotatable bonds is 2. The molecule has 3 aliphatic rings. The molecule has 2 aliphatic heterocycles. The van der Waals surface area contributed by atoms with Gasteiger partial charge in [-0.05, 0) is 0 Å². The van der Waals surface area contributed by atoms with E-state index < -0.39 is 0 Å². The van der Waals surface area contributed by atoms with Crippen LogP contribution in [0.4, 0.5) is 0 Å². The van der Waals surface area contributed by atoms with Crippen molar-refractivity contribution in [3.63, 3.8) is 0 Å². The summed E-state index contributed by atoms with van der Waals surface area (Å²) in [5.41, 5.74) is 2.48. The molecule has 0 aromatic heterocycles. The first-order chi connectivity index (χ1) is 11.3. The van der Waals surface area contributed by atoms with Gasteiger partial charge in [-0.25, -0.2) is 0 Å². The van der Waals surface area contributed by atoms with Gasteiger partial charge in [0.25, 0.3) is 0 Å². The molecule has 0 unspecified atom stereocenters. The van der Waals surface area contributed by atoms with Gasteiger partial charge >= 0.3 is 157 Å². The molecule has 0 amide bonds. The molecular formula is C20H18O2STe-. The van der Waals surface area contributed by atoms with Crippen LogP contribution >= 0.6 is 11.8 Å². The average molecular weight is 450 g/mol. The van der Waals surface area contributed by atoms with Crippen molar-refractivity contribution in [2.75, 3.05) is 0 Å². The van der Waals surface area contributed by atoms with Crippen molar-refractivity contribution in [3.8, 4) is 0 Å². The van der Waals surface area contributed by atoms with Gasteiger partial charge in [-0.3, -0.25) is 0 Å². The molecule has 0 atom stereocenters. The topological polar surface area (TPSA) is 40.1 Å². The van der Waals surface area contributed by atoms with Crippen LogP contribution in [0.25, 0.3) is 0 Å². The second-order valence-corrected chi connectivity index (χ2v) is 11.7. The van der Waals surface area contributed by atoms with E-state index in [1.165, 1.54) is 17.0 Å². The Morgan fingerprint density at radius 1 is 1.00 bits per heavy atom. The van der Waals surface area contributed by atoms with Crippen molar-refractivity contribution in [1.82, 2.24) is 0 Å². The first-order valence-corrected chi connectivity index (χ1v) is 10.8. The van der Waals surface area contributed by atoms with E-state index in [2.05, 4.69) is 26.0 Å². The third kappa shape index (κ3) is 3.67. The van der Waals surface area contributed by atoms with Crippen LogP contribution in [0.3, 0.4) is 0 Å². The number of carbonyl (C=O) groups is 1. The van der Waals surface area contributed by atoms with Crippen LogP contribution < -0.4 is 5.11 Å². The summed E-state index contributed by atoms with van der Waals surface area (Å²) in [6, 6.07) is 0. The van der Waals surface area contributed by atoms with Gasteiger partial charge in [0.1, 0.15) is 0 Å². The summed E-state index contributed by atoms with van der Waals surface area (Å²) in [7, 11) is 0. The summed E-state index contributed by atoms with van der Waals surface area (Å²) in [4.78, 5) is 14.7. The summed E-state index contributed by atoms with van der Waals surface area (Å²) < 4.78 is 2.75. The van der Waals surface area contributed by atoms with Crippen molar-refractivity contribution in [2.24, 2.45) is 0 Å². The molecule has 1 radical (unpaired) electrons. The van der Waals surface area contributed by atoms with E-state index in [-0.39, 0.29) is 32.0 Å². The van der Waals surface area contributed by atoms with Crippen LogP contribution in [0.15, 0.2) is 77.9 Å². The number of carbonyl (C=O) groups excluding carboxylic acids is 1. The van der Waals surface area contributed by atoms with Crippen molar-refractivity contribution in [3.05, 3.63) is 77.9 Å². The Morgan fingerprint density at radius 3 is 2.25 bits per heavy atom. The molecule has 2 nitrogen and oxygen atoms in total. The third-order valence-electron chi connectivity index (χ3n) is 3.72. The molecule has 123 valence electrons. The van der Waals surface area contributed by atoms with Crippen LogP contribution in [-0.2, 0) is 4.79 Å². The fourth-order valence-electron chi connectivity index (χ4n) is 2.84. The van der Waals surface area contributed by atoms with Crippen LogP contribution in [0.5, 0.6) is 0 Å². The molecule has 4 heteroatoms. The number of hydrogen-bond donors (Lipinski definition) is 0. The minimum absolute atomic E-state index is 0.144. The number of Topliss-reactive ketones (excluding diaryl/α,β-unsaturated/α-hetero) is 1. The molecule has 0 bridgehead atoms. The monoisotopic (exact) mass is 452 g/mol. The van der Waals surface area contributed by atoms with E-state index in [1.54, 1.807) is 23.9 Å². The normalized spacial score (nSPS) is 22.5. The van der Waals surface area contributed by atoms with E-state index >= 15 is 0 Å². The zero-order valence-corrected chi connectivity index (χ0v) is 17.2. The van der Waals surface area contributed by atoms with Gasteiger partial charge in [0, 0.05) is 0 Å². The fraction of sp³-hybridized carbons (Fsp3) is 0.200. The van der Waals surface area contributed by atoms with Gasteiger partial charge in [0.2, 0.25) is 0 Å². The molecule has 1 aliphatic carbocycles. The fourth-order valence-corrected chi connectivity index (χ4v) is 6.30. The summed E-state index contributed by atoms with van der Waals surface area (Å²) >= 11 is 1.49. The first kappa shape index (κ1) is 17.5. The van der Waals surface area contributed by atoms with Gasteiger partial charge in [-0.15, -0.1) is 0 Å². The van der Waals surface area contributed by atoms with E-state index in [9.17, 15) is 9.90 Å². The predicted molar refractivity (Wildman–Crippen MR) is 102 cm³/mol. The molecule has 0 aromatic rings. The molecule has 0 fully saturated rings. The molecule has 0 saturated heterocycles. The van der Waals surface area contributed by atoms with Gasteiger partial charge in [-0.2, -0.15) is 0 Å². The van der Waals surface area contributed by atoms with Gasteiger partial charge in [-0.1, -0.05) is 0 Å². The second kappa shape index (κ2) is 6.88. The molecule has 24 heavy (non-hydrogen) atoms. The Morgan fingerprint density at radius 2 is 1.67 bits per heavy atom. The zero-order chi connectivity index (χ0) is 17.4. The zero-order valence-electron chi connectivity index (χ0n) is 14.1. The van der Waals surface area contributed by atoms with Gasteiger partial charge < -0.3 is 0 Å². The molecular weight excluding hydrogens is 432 g/mol. The average Bonchev–Trinajstić information content (AvgIpc) is 2.48. The third-order valence-corrected chi connectivity index (χ3v) is 7.11. The molecule has 0 aromatic carbocycles. The van der Waals surface area contributed by atoms with Crippen LogP contribution in [0.1, 0.15) is 27.7 Å². The Kier molecular flexibility index (Phi) is 5.01. The van der Waals surface area contributed by atoms with Crippen molar-refractivity contribution >= 4 is 41.5 Å². The number of ketones is 1. The SMILES string of the molecule is CC1=CC(=CC2=C([O-])C(=CC3=CC(C)=[Te]C(C)=C3)C2=O)C=C(C)S1. The summed E-state index contributed by atoms with van der Waals surface area (Å²) in [6.07, 6.45) is 11.7. The van der Waals surface area contributed by atoms with E-state index in [0.29, 0.717) is 11.1 Å². The molecule has 0 saturated carbocycles. The van der Waals surface area contributed by atoms with Crippen molar-refractivity contribution in [2.45, 2.75) is 27.7 Å². The maximum absolute atomic E-state index is 12.4. The van der Waals surface area contributed by atoms with E-state index in [4.69, 9.17) is 0 Å². The number of thioether (sulfide) groups is 1. The Bertz CT molecular complexity index is 864. The summed E-state index contributed by atoms with van der Waals surface area (Å²) in [5.74, 6) is -0.288. The molecule has 3 rings (SSSR count). The van der Waals surface area contributed by atoms with Gasteiger partial charge in [0.05, 0.1) is 0 Å². The summed E-state index contributed by atoms with van der Waals surface area (Å²) in [6.45, 7) is 8.30. The van der Waals surface area contributed by atoms with Crippen LogP contribution in [0.2, 0.25) is 0 Å². The Balaban J connectivity index is 1.92. The molecule has 2 heterocycles. The van der Waals surface area contributed by atoms with Gasteiger partial charge in [0.15, 0.2) is 0 Å². The van der Waals surface area contributed by atoms with Crippen LogP contribution in [0, 0.1) is 0 Å². The van der Waals surface area contributed by atoms with Crippen LogP contribution in [-0.4, -0.2) is 29.8 Å². The summed E-state index contributed by atoms with van der Waals surface area (Å²) in [5, 5.41) is 12.4. The quantitative estimate of drug-likeness (QED) is 0.479. The van der Waals surface area contributed by atoms with Crippen molar-refractivity contribution < 1.29 is 9.90 Å². The first-order valence-electron chi connectivity index (χ1n) is 7.69. The van der Waals surface area contributed by atoms with E-state index in [0.717, 1.165) is 11.1 Å². The van der Waals surface area contributed by atoms with Crippen molar-refractivity contribution in [1.29, 1.82) is 0 Å². The molecule has 0 spiro atoms.